The Morgan fingerprint density at radius 1 is 1.03 bits per heavy atom. The van der Waals surface area contributed by atoms with Crippen LogP contribution in [0.1, 0.15) is 39.5 Å². The van der Waals surface area contributed by atoms with Gasteiger partial charge in [-0.25, -0.2) is 4.79 Å². The molecule has 0 saturated heterocycles. The fraction of sp³-hybridized carbons (Fsp3) is 0.207. The molecule has 0 aliphatic heterocycles. The molecule has 0 spiro atoms. The van der Waals surface area contributed by atoms with Crippen molar-refractivity contribution in [2.45, 2.75) is 27.4 Å². The lowest BCUT2D eigenvalue weighted by Gasteiger charge is -2.15. The molecule has 0 bridgehead atoms. The molecule has 190 valence electrons. The molecule has 0 heterocycles. The van der Waals surface area contributed by atoms with Crippen LogP contribution in [-0.4, -0.2) is 25.6 Å². The minimum absolute atomic E-state index is 0.139. The number of ether oxygens (including phenoxy) is 3. The molecule has 0 aliphatic carbocycles. The van der Waals surface area contributed by atoms with Crippen molar-refractivity contribution in [1.82, 2.24) is 0 Å². The predicted molar refractivity (Wildman–Crippen MR) is 143 cm³/mol. The molecule has 3 aromatic carbocycles. The first-order valence-electron chi connectivity index (χ1n) is 11.5. The number of nitriles is 1. The Morgan fingerprint density at radius 3 is 2.30 bits per heavy atom. The summed E-state index contributed by atoms with van der Waals surface area (Å²) in [6, 6.07) is 17.5. The van der Waals surface area contributed by atoms with E-state index in [9.17, 15) is 14.9 Å². The van der Waals surface area contributed by atoms with Gasteiger partial charge >= 0.3 is 5.97 Å². The van der Waals surface area contributed by atoms with Crippen molar-refractivity contribution in [1.29, 1.82) is 5.26 Å². The Hall–Kier alpha value is -4.28. The molecule has 0 fully saturated rings. The molecule has 1 N–H and O–H groups in total. The SMILES string of the molecule is CCOc1cc(/C=C(\C#N)C(=O)Nc2ccc(C(=O)OC)cc2)cc(Cl)c1OCc1cc(C)cc(C)c1. The van der Waals surface area contributed by atoms with Crippen LogP contribution in [0.4, 0.5) is 5.69 Å². The fourth-order valence-electron chi connectivity index (χ4n) is 3.70. The average molecular weight is 519 g/mol. The zero-order chi connectivity index (χ0) is 26.9. The van der Waals surface area contributed by atoms with Gasteiger partial charge in [-0.3, -0.25) is 4.79 Å². The number of benzene rings is 3. The van der Waals surface area contributed by atoms with Crippen molar-refractivity contribution < 1.29 is 23.8 Å². The summed E-state index contributed by atoms with van der Waals surface area (Å²) in [5.41, 5.74) is 4.40. The van der Waals surface area contributed by atoms with Crippen LogP contribution in [-0.2, 0) is 16.1 Å². The summed E-state index contributed by atoms with van der Waals surface area (Å²) in [5.74, 6) is -0.313. The van der Waals surface area contributed by atoms with E-state index in [4.69, 9.17) is 21.1 Å². The monoisotopic (exact) mass is 518 g/mol. The zero-order valence-electron chi connectivity index (χ0n) is 21.1. The van der Waals surface area contributed by atoms with E-state index in [1.54, 1.807) is 24.3 Å². The summed E-state index contributed by atoms with van der Waals surface area (Å²) >= 11 is 6.53. The number of halogens is 1. The third-order valence-electron chi connectivity index (χ3n) is 5.24. The minimum atomic E-state index is -0.613. The molecule has 0 atom stereocenters. The van der Waals surface area contributed by atoms with Gasteiger partial charge in [-0.05, 0) is 74.4 Å². The van der Waals surface area contributed by atoms with Crippen LogP contribution < -0.4 is 14.8 Å². The number of amides is 1. The molecule has 7 nitrogen and oxygen atoms in total. The topological polar surface area (TPSA) is 97.7 Å². The lowest BCUT2D eigenvalue weighted by atomic mass is 10.1. The molecule has 37 heavy (non-hydrogen) atoms. The summed E-state index contributed by atoms with van der Waals surface area (Å²) < 4.78 is 16.4. The third-order valence-corrected chi connectivity index (χ3v) is 5.52. The van der Waals surface area contributed by atoms with E-state index in [0.717, 1.165) is 16.7 Å². The summed E-state index contributed by atoms with van der Waals surface area (Å²) in [7, 11) is 1.29. The van der Waals surface area contributed by atoms with Gasteiger partial charge in [0.1, 0.15) is 18.2 Å². The minimum Gasteiger partial charge on any atom is -0.490 e. The van der Waals surface area contributed by atoms with E-state index in [1.807, 2.05) is 39.0 Å². The predicted octanol–water partition coefficient (Wildman–Crippen LogP) is 6.27. The Balaban J connectivity index is 1.82. The summed E-state index contributed by atoms with van der Waals surface area (Å²) in [6.07, 6.45) is 1.42. The fourth-order valence-corrected chi connectivity index (χ4v) is 3.98. The van der Waals surface area contributed by atoms with Crippen LogP contribution in [0.3, 0.4) is 0 Å². The smallest absolute Gasteiger partial charge is 0.337 e. The van der Waals surface area contributed by atoms with E-state index >= 15 is 0 Å². The van der Waals surface area contributed by atoms with Gasteiger partial charge in [0, 0.05) is 5.69 Å². The van der Waals surface area contributed by atoms with Crippen molar-refractivity contribution in [3.8, 4) is 17.6 Å². The van der Waals surface area contributed by atoms with E-state index in [2.05, 4.69) is 16.1 Å². The first kappa shape index (κ1) is 27.3. The first-order valence-corrected chi connectivity index (χ1v) is 11.9. The van der Waals surface area contributed by atoms with E-state index in [0.29, 0.717) is 41.5 Å². The molecular formula is C29H27ClN2O5. The lowest BCUT2D eigenvalue weighted by molar-refractivity contribution is -0.112. The van der Waals surface area contributed by atoms with Crippen molar-refractivity contribution in [2.75, 3.05) is 19.0 Å². The Labute approximate surface area is 221 Å². The van der Waals surface area contributed by atoms with Crippen molar-refractivity contribution in [3.05, 3.63) is 93.0 Å². The molecule has 0 aliphatic rings. The molecule has 3 aromatic rings. The maximum atomic E-state index is 12.7. The number of nitrogens with zero attached hydrogens (tertiary/aromatic N) is 1. The Bertz CT molecular complexity index is 1350. The number of hydrogen-bond donors (Lipinski definition) is 1. The number of nitrogens with one attached hydrogen (secondary N) is 1. The normalized spacial score (nSPS) is 10.9. The molecule has 3 rings (SSSR count). The number of hydrogen-bond acceptors (Lipinski definition) is 6. The van der Waals surface area contributed by atoms with Crippen molar-refractivity contribution >= 4 is 35.2 Å². The second-order valence-corrected chi connectivity index (χ2v) is 8.65. The molecular weight excluding hydrogens is 492 g/mol. The van der Waals surface area contributed by atoms with E-state index in [1.165, 1.54) is 25.3 Å². The van der Waals surface area contributed by atoms with Gasteiger partial charge in [0.05, 0.1) is 24.3 Å². The van der Waals surface area contributed by atoms with Gasteiger partial charge < -0.3 is 19.5 Å². The third kappa shape index (κ3) is 7.35. The molecule has 0 radical (unpaired) electrons. The Kier molecular flexibility index (Phi) is 9.31. The maximum Gasteiger partial charge on any atom is 0.337 e. The number of anilines is 1. The van der Waals surface area contributed by atoms with Gasteiger partial charge in [-0.1, -0.05) is 40.9 Å². The van der Waals surface area contributed by atoms with Crippen LogP contribution in [0.15, 0.2) is 60.2 Å². The molecule has 8 heteroatoms. The van der Waals surface area contributed by atoms with Gasteiger partial charge in [0.15, 0.2) is 11.5 Å². The lowest BCUT2D eigenvalue weighted by Crippen LogP contribution is -2.13. The summed E-state index contributed by atoms with van der Waals surface area (Å²) in [6.45, 7) is 6.56. The van der Waals surface area contributed by atoms with Gasteiger partial charge in [0.2, 0.25) is 0 Å². The quantitative estimate of drug-likeness (QED) is 0.204. The summed E-state index contributed by atoms with van der Waals surface area (Å²) in [4.78, 5) is 24.3. The highest BCUT2D eigenvalue weighted by atomic mass is 35.5. The first-order chi connectivity index (χ1) is 17.7. The number of carbonyl (C=O) groups excluding carboxylic acids is 2. The van der Waals surface area contributed by atoms with Crippen LogP contribution in [0, 0.1) is 25.2 Å². The molecule has 0 aromatic heterocycles. The second kappa shape index (κ2) is 12.6. The number of carbonyl (C=O) groups is 2. The highest BCUT2D eigenvalue weighted by molar-refractivity contribution is 6.32. The largest absolute Gasteiger partial charge is 0.490 e. The van der Waals surface area contributed by atoms with E-state index in [-0.39, 0.29) is 10.6 Å². The van der Waals surface area contributed by atoms with Crippen LogP contribution in [0.25, 0.3) is 6.08 Å². The van der Waals surface area contributed by atoms with Gasteiger partial charge in [-0.2, -0.15) is 5.26 Å². The summed E-state index contributed by atoms with van der Waals surface area (Å²) in [5, 5.41) is 12.5. The number of rotatable bonds is 9. The van der Waals surface area contributed by atoms with Gasteiger partial charge in [-0.15, -0.1) is 0 Å². The number of methoxy groups -OCH3 is 1. The van der Waals surface area contributed by atoms with Crippen molar-refractivity contribution in [2.24, 2.45) is 0 Å². The van der Waals surface area contributed by atoms with E-state index < -0.39 is 11.9 Å². The van der Waals surface area contributed by atoms with Crippen LogP contribution >= 0.6 is 11.6 Å². The maximum absolute atomic E-state index is 12.7. The zero-order valence-corrected chi connectivity index (χ0v) is 21.8. The van der Waals surface area contributed by atoms with Gasteiger partial charge in [0.25, 0.3) is 5.91 Å². The highest BCUT2D eigenvalue weighted by Gasteiger charge is 2.15. The van der Waals surface area contributed by atoms with Crippen LogP contribution in [0.5, 0.6) is 11.5 Å². The van der Waals surface area contributed by atoms with Crippen LogP contribution in [0.2, 0.25) is 5.02 Å². The average Bonchev–Trinajstić information content (AvgIpc) is 2.86. The number of esters is 1. The molecule has 0 saturated carbocycles. The Morgan fingerprint density at radius 2 is 1.70 bits per heavy atom. The molecule has 1 amide bonds. The van der Waals surface area contributed by atoms with Crippen molar-refractivity contribution in [3.63, 3.8) is 0 Å². The molecule has 0 unspecified atom stereocenters. The number of aryl methyl sites for hydroxylation is 2. The second-order valence-electron chi connectivity index (χ2n) is 8.24. The standard InChI is InChI=1S/C29H27ClN2O5/c1-5-36-26-15-20(14-25(30)27(26)37-17-21-11-18(2)10-19(3)12-21)13-23(16-31)28(33)32-24-8-6-22(7-9-24)29(34)35-4/h6-15H,5,17H2,1-4H3,(H,32,33)/b23-13+. The highest BCUT2D eigenvalue weighted by Crippen LogP contribution is 2.38.